The minimum Gasteiger partial charge on any atom is -0.331 e. The first kappa shape index (κ1) is 14.2. The van der Waals surface area contributed by atoms with Crippen molar-refractivity contribution in [3.05, 3.63) is 30.3 Å². The van der Waals surface area contributed by atoms with E-state index in [4.69, 9.17) is 0 Å². The van der Waals surface area contributed by atoms with Gasteiger partial charge in [-0.1, -0.05) is 12.1 Å². The minimum atomic E-state index is -3.35. The fourth-order valence-corrected chi connectivity index (χ4v) is 2.47. The van der Waals surface area contributed by atoms with Crippen LogP contribution in [-0.4, -0.2) is 47.1 Å². The highest BCUT2D eigenvalue weighted by molar-refractivity contribution is 7.89. The van der Waals surface area contributed by atoms with E-state index in [1.807, 2.05) is 0 Å². The van der Waals surface area contributed by atoms with Crippen LogP contribution in [0.1, 0.15) is 6.42 Å². The largest absolute Gasteiger partial charge is 0.331 e. The van der Waals surface area contributed by atoms with Crippen LogP contribution in [-0.2, 0) is 10.0 Å². The maximum Gasteiger partial charge on any atom is 0.240 e. The standard InChI is InChI=1S/C12H20N2O2S/c1-14(2,3)11-7-10-13-17(15,16)12-8-5-4-6-9-12/h5-6,8-9,13H,7,10-11H2,1-3H3/q+1. The van der Waals surface area contributed by atoms with Crippen LogP contribution in [0.25, 0.3) is 0 Å². The summed E-state index contributed by atoms with van der Waals surface area (Å²) >= 11 is 0. The third-order valence-electron chi connectivity index (χ3n) is 2.30. The molecule has 0 unspecified atom stereocenters. The van der Waals surface area contributed by atoms with Crippen molar-refractivity contribution in [3.63, 3.8) is 0 Å². The van der Waals surface area contributed by atoms with E-state index in [-0.39, 0.29) is 0 Å². The van der Waals surface area contributed by atoms with Crippen molar-refractivity contribution < 1.29 is 12.9 Å². The van der Waals surface area contributed by atoms with Crippen molar-refractivity contribution >= 4 is 10.0 Å². The number of sulfonamides is 1. The van der Waals surface area contributed by atoms with Crippen LogP contribution >= 0.6 is 0 Å². The highest BCUT2D eigenvalue weighted by Crippen LogP contribution is 2.06. The molecule has 0 saturated heterocycles. The molecule has 1 aromatic carbocycles. The molecule has 0 spiro atoms. The second-order valence-corrected chi connectivity index (χ2v) is 6.77. The molecule has 4 nitrogen and oxygen atoms in total. The number of nitrogens with one attached hydrogen (secondary N) is 1. The molecule has 1 N–H and O–H groups in total. The fraction of sp³-hybridized carbons (Fsp3) is 0.500. The Morgan fingerprint density at radius 3 is 2.35 bits per heavy atom. The molecule has 1 rings (SSSR count). The second kappa shape index (κ2) is 5.62. The van der Waals surface area contributed by atoms with Gasteiger partial charge in [0.1, 0.15) is 0 Å². The molecule has 1 aromatic rings. The lowest BCUT2D eigenvalue weighted by Gasteiger charge is -2.23. The Balaban J connectivity index is 2.47. The van der Waals surface area contributed by atoms with E-state index in [9.17, 15) is 8.42 Å². The summed E-state index contributed by atoms with van der Waals surface area (Å²) in [4.78, 5) is 0.293. The van der Waals surface area contributed by atoms with Gasteiger partial charge in [0.15, 0.2) is 0 Å². The van der Waals surface area contributed by atoms with Crippen molar-refractivity contribution in [1.82, 2.24) is 4.72 Å². The smallest absolute Gasteiger partial charge is 0.240 e. The lowest BCUT2D eigenvalue weighted by atomic mass is 10.4. The predicted octanol–water partition coefficient (Wildman–Crippen LogP) is 0.861. The Hall–Kier alpha value is -0.910. The van der Waals surface area contributed by atoms with E-state index in [0.29, 0.717) is 11.4 Å². The van der Waals surface area contributed by atoms with Crippen LogP contribution in [0.3, 0.4) is 0 Å². The zero-order chi connectivity index (χ0) is 12.9. The lowest BCUT2D eigenvalue weighted by Crippen LogP contribution is -2.37. The number of rotatable bonds is 6. The van der Waals surface area contributed by atoms with Gasteiger partial charge in [-0.2, -0.15) is 0 Å². The quantitative estimate of drug-likeness (QED) is 0.606. The zero-order valence-electron chi connectivity index (χ0n) is 10.6. The third kappa shape index (κ3) is 5.30. The summed E-state index contributed by atoms with van der Waals surface area (Å²) in [6, 6.07) is 9.08. The van der Waals surface area contributed by atoms with E-state index < -0.39 is 10.0 Å². The molecule has 0 bridgehead atoms. The van der Waals surface area contributed by atoms with E-state index >= 15 is 0 Å². The van der Waals surface area contributed by atoms with Gasteiger partial charge in [-0.05, 0) is 18.2 Å². The zero-order valence-corrected chi connectivity index (χ0v) is 11.4. The average molecular weight is 256 g/mol. The van der Waals surface area contributed by atoms with Gasteiger partial charge in [-0.15, -0.1) is 0 Å². The molecular weight excluding hydrogens is 236 g/mol. The van der Waals surface area contributed by atoms with E-state index in [1.165, 1.54) is 0 Å². The van der Waals surface area contributed by atoms with Gasteiger partial charge in [0.25, 0.3) is 0 Å². The topological polar surface area (TPSA) is 46.2 Å². The van der Waals surface area contributed by atoms with Gasteiger partial charge in [0, 0.05) is 13.0 Å². The molecule has 0 atom stereocenters. The Morgan fingerprint density at radius 1 is 1.24 bits per heavy atom. The highest BCUT2D eigenvalue weighted by Gasteiger charge is 2.13. The molecule has 0 aliphatic rings. The molecule has 0 fully saturated rings. The summed E-state index contributed by atoms with van der Waals surface area (Å²) in [5.74, 6) is 0. The summed E-state index contributed by atoms with van der Waals surface area (Å²) in [6.45, 7) is 1.40. The number of quaternary nitrogens is 1. The maximum atomic E-state index is 11.8. The Morgan fingerprint density at radius 2 is 1.82 bits per heavy atom. The normalized spacial score (nSPS) is 12.6. The molecule has 0 amide bonds. The van der Waals surface area contributed by atoms with Crippen LogP contribution in [0.4, 0.5) is 0 Å². The minimum absolute atomic E-state index is 0.293. The van der Waals surface area contributed by atoms with Crippen molar-refractivity contribution in [2.75, 3.05) is 34.2 Å². The summed E-state index contributed by atoms with van der Waals surface area (Å²) in [5.41, 5.74) is 0. The first-order valence-electron chi connectivity index (χ1n) is 5.57. The van der Waals surface area contributed by atoms with Crippen LogP contribution < -0.4 is 4.72 Å². The van der Waals surface area contributed by atoms with Crippen molar-refractivity contribution in [3.8, 4) is 0 Å². The van der Waals surface area contributed by atoms with E-state index in [1.54, 1.807) is 24.3 Å². The molecule has 0 aromatic heterocycles. The molecule has 1 radical (unpaired) electrons. The van der Waals surface area contributed by atoms with Crippen LogP contribution in [0.15, 0.2) is 29.2 Å². The van der Waals surface area contributed by atoms with Gasteiger partial charge in [0.05, 0.1) is 32.6 Å². The van der Waals surface area contributed by atoms with Crippen molar-refractivity contribution in [1.29, 1.82) is 0 Å². The molecule has 0 aliphatic carbocycles. The first-order chi connectivity index (χ1) is 7.81. The van der Waals surface area contributed by atoms with Crippen LogP contribution in [0, 0.1) is 6.07 Å². The predicted molar refractivity (Wildman–Crippen MR) is 68.0 cm³/mol. The van der Waals surface area contributed by atoms with Gasteiger partial charge in [-0.25, -0.2) is 13.1 Å². The second-order valence-electron chi connectivity index (χ2n) is 5.00. The Kier molecular flexibility index (Phi) is 4.68. The highest BCUT2D eigenvalue weighted by atomic mass is 32.2. The summed E-state index contributed by atoms with van der Waals surface area (Å²) in [6.07, 6.45) is 0.821. The van der Waals surface area contributed by atoms with Crippen LogP contribution in [0.2, 0.25) is 0 Å². The maximum absolute atomic E-state index is 11.8. The van der Waals surface area contributed by atoms with E-state index in [0.717, 1.165) is 17.4 Å². The molecule has 5 heteroatoms. The lowest BCUT2D eigenvalue weighted by molar-refractivity contribution is -0.870. The summed E-state index contributed by atoms with van der Waals surface area (Å²) in [7, 11) is 2.90. The number of hydrogen-bond donors (Lipinski definition) is 1. The number of hydrogen-bond acceptors (Lipinski definition) is 2. The van der Waals surface area contributed by atoms with Gasteiger partial charge < -0.3 is 4.48 Å². The van der Waals surface area contributed by atoms with Gasteiger partial charge in [0.2, 0.25) is 10.0 Å². The molecule has 95 valence electrons. The molecule has 17 heavy (non-hydrogen) atoms. The summed E-state index contributed by atoms with van der Waals surface area (Å²) < 4.78 is 27.1. The Labute approximate surface area is 104 Å². The molecule has 0 aliphatic heterocycles. The monoisotopic (exact) mass is 256 g/mol. The van der Waals surface area contributed by atoms with E-state index in [2.05, 4.69) is 31.9 Å². The van der Waals surface area contributed by atoms with Gasteiger partial charge >= 0.3 is 0 Å². The first-order valence-corrected chi connectivity index (χ1v) is 7.06. The van der Waals surface area contributed by atoms with Crippen LogP contribution in [0.5, 0.6) is 0 Å². The molecular formula is C12H20N2O2S+. The molecule has 0 heterocycles. The molecule has 0 saturated carbocycles. The number of nitrogens with zero attached hydrogens (tertiary/aromatic N) is 1. The van der Waals surface area contributed by atoms with Crippen molar-refractivity contribution in [2.24, 2.45) is 0 Å². The Bertz CT molecular complexity index is 435. The van der Waals surface area contributed by atoms with Crippen molar-refractivity contribution in [2.45, 2.75) is 11.3 Å². The SMILES string of the molecule is C[N+](C)(C)CCCNS(=O)(=O)c1cc[c]cc1. The average Bonchev–Trinajstić information content (AvgIpc) is 2.25. The number of benzene rings is 1. The van der Waals surface area contributed by atoms with Gasteiger partial charge in [-0.3, -0.25) is 0 Å². The summed E-state index contributed by atoms with van der Waals surface area (Å²) in [5, 5.41) is 0. The fourth-order valence-electron chi connectivity index (χ4n) is 1.39. The third-order valence-corrected chi connectivity index (χ3v) is 3.77.